The quantitative estimate of drug-likeness (QED) is 0.335. The van der Waals surface area contributed by atoms with Crippen molar-refractivity contribution < 1.29 is 4.52 Å². The number of halogens is 1. The van der Waals surface area contributed by atoms with Gasteiger partial charge in [0.15, 0.2) is 0 Å². The molecule has 0 N–H and O–H groups in total. The molecule has 0 aliphatic rings. The van der Waals surface area contributed by atoms with Crippen molar-refractivity contribution in [3.63, 3.8) is 0 Å². The third-order valence-corrected chi connectivity index (χ3v) is 6.07. The molecule has 160 valence electrons. The van der Waals surface area contributed by atoms with Gasteiger partial charge in [-0.3, -0.25) is 4.79 Å². The highest BCUT2D eigenvalue weighted by atomic mass is 79.9. The summed E-state index contributed by atoms with van der Waals surface area (Å²) in [7, 11) is 0. The molecule has 0 fully saturated rings. The predicted molar refractivity (Wildman–Crippen MR) is 129 cm³/mol. The Hall–Kier alpha value is -4.04. The van der Waals surface area contributed by atoms with Crippen LogP contribution in [-0.4, -0.2) is 24.3 Å². The maximum Gasteiger partial charge on any atom is 0.277 e. The SMILES string of the molecule is O=c1c2cc(-c3cccc4ccccc34)nn2ccn1Cc1nc(-c2ccc(Br)cc2)no1. The Kier molecular flexibility index (Phi) is 4.66. The Morgan fingerprint density at radius 2 is 1.76 bits per heavy atom. The van der Waals surface area contributed by atoms with Gasteiger partial charge in [-0.15, -0.1) is 0 Å². The monoisotopic (exact) mass is 497 g/mol. The van der Waals surface area contributed by atoms with Crippen LogP contribution in [0.5, 0.6) is 0 Å². The minimum absolute atomic E-state index is 0.174. The van der Waals surface area contributed by atoms with Crippen LogP contribution < -0.4 is 5.56 Å². The zero-order chi connectivity index (χ0) is 22.4. The summed E-state index contributed by atoms with van der Waals surface area (Å²) >= 11 is 3.41. The molecule has 0 spiro atoms. The summed E-state index contributed by atoms with van der Waals surface area (Å²) in [4.78, 5) is 17.6. The summed E-state index contributed by atoms with van der Waals surface area (Å²) in [6.07, 6.45) is 3.44. The van der Waals surface area contributed by atoms with Crippen LogP contribution in [-0.2, 0) is 6.54 Å². The summed E-state index contributed by atoms with van der Waals surface area (Å²) < 4.78 is 9.51. The molecule has 0 saturated carbocycles. The lowest BCUT2D eigenvalue weighted by molar-refractivity contribution is 0.370. The first kappa shape index (κ1) is 19.6. The molecule has 3 aromatic carbocycles. The number of benzene rings is 3. The molecule has 6 rings (SSSR count). The maximum atomic E-state index is 13.2. The van der Waals surface area contributed by atoms with Gasteiger partial charge in [-0.25, -0.2) is 4.52 Å². The lowest BCUT2D eigenvalue weighted by Crippen LogP contribution is -2.21. The predicted octanol–water partition coefficient (Wildman–Crippen LogP) is 5.18. The summed E-state index contributed by atoms with van der Waals surface area (Å²) in [5.41, 5.74) is 2.87. The van der Waals surface area contributed by atoms with Crippen LogP contribution in [0.3, 0.4) is 0 Å². The van der Waals surface area contributed by atoms with Crippen LogP contribution in [0.2, 0.25) is 0 Å². The van der Waals surface area contributed by atoms with Gasteiger partial charge in [0.25, 0.3) is 5.56 Å². The Bertz CT molecular complexity index is 1680. The zero-order valence-corrected chi connectivity index (χ0v) is 18.8. The number of nitrogens with zero attached hydrogens (tertiary/aromatic N) is 5. The average molecular weight is 498 g/mol. The third kappa shape index (κ3) is 3.54. The number of hydrogen-bond donors (Lipinski definition) is 0. The van der Waals surface area contributed by atoms with Crippen LogP contribution >= 0.6 is 15.9 Å². The first-order valence-corrected chi connectivity index (χ1v) is 11.1. The molecule has 0 saturated heterocycles. The van der Waals surface area contributed by atoms with E-state index in [2.05, 4.69) is 49.4 Å². The Balaban J connectivity index is 1.35. The van der Waals surface area contributed by atoms with E-state index < -0.39 is 0 Å². The standard InChI is InChI=1S/C25H16BrN5O2/c26-18-10-8-17(9-11-18)24-27-23(33-29-24)15-30-12-13-31-22(25(30)32)14-21(28-31)20-7-3-5-16-4-1-2-6-19(16)20/h1-14H,15H2. The fourth-order valence-electron chi connectivity index (χ4n) is 3.91. The molecule has 6 aromatic rings. The van der Waals surface area contributed by atoms with E-state index in [9.17, 15) is 4.79 Å². The van der Waals surface area contributed by atoms with Crippen LogP contribution in [0.1, 0.15) is 5.89 Å². The van der Waals surface area contributed by atoms with E-state index in [4.69, 9.17) is 4.52 Å². The smallest absolute Gasteiger partial charge is 0.277 e. The van der Waals surface area contributed by atoms with Crippen LogP contribution in [0.25, 0.3) is 38.9 Å². The first-order valence-electron chi connectivity index (χ1n) is 10.3. The molecule has 7 nitrogen and oxygen atoms in total. The fraction of sp³-hybridized carbons (Fsp3) is 0.0400. The molecule has 33 heavy (non-hydrogen) atoms. The van der Waals surface area contributed by atoms with Crippen molar-refractivity contribution >= 4 is 32.2 Å². The molecule has 3 heterocycles. The van der Waals surface area contributed by atoms with Crippen molar-refractivity contribution in [1.29, 1.82) is 0 Å². The van der Waals surface area contributed by atoms with E-state index in [0.29, 0.717) is 17.2 Å². The number of rotatable bonds is 4. The fourth-order valence-corrected chi connectivity index (χ4v) is 4.18. The van der Waals surface area contributed by atoms with Crippen molar-refractivity contribution in [2.24, 2.45) is 0 Å². The van der Waals surface area contributed by atoms with E-state index in [1.807, 2.05) is 54.6 Å². The van der Waals surface area contributed by atoms with Crippen molar-refractivity contribution in [1.82, 2.24) is 24.3 Å². The topological polar surface area (TPSA) is 78.2 Å². The molecule has 0 radical (unpaired) electrons. The second-order valence-corrected chi connectivity index (χ2v) is 8.55. The van der Waals surface area contributed by atoms with E-state index in [1.165, 1.54) is 0 Å². The van der Waals surface area contributed by atoms with Gasteiger partial charge < -0.3 is 9.09 Å². The minimum atomic E-state index is -0.181. The van der Waals surface area contributed by atoms with Gasteiger partial charge >= 0.3 is 0 Å². The van der Waals surface area contributed by atoms with Gasteiger partial charge in [-0.05, 0) is 41.1 Å². The largest absolute Gasteiger partial charge is 0.337 e. The molecule has 0 amide bonds. The summed E-state index contributed by atoms with van der Waals surface area (Å²) in [6, 6.07) is 23.7. The Morgan fingerprint density at radius 1 is 0.939 bits per heavy atom. The first-order chi connectivity index (χ1) is 16.2. The highest BCUT2D eigenvalue weighted by molar-refractivity contribution is 9.10. The second-order valence-electron chi connectivity index (χ2n) is 7.64. The molecular formula is C25H16BrN5O2. The molecule has 0 bridgehead atoms. The molecule has 0 unspecified atom stereocenters. The molecule has 0 aliphatic heterocycles. The van der Waals surface area contributed by atoms with Crippen molar-refractivity contribution in [3.05, 3.63) is 106 Å². The molecule has 0 atom stereocenters. The Morgan fingerprint density at radius 3 is 2.64 bits per heavy atom. The summed E-state index contributed by atoms with van der Waals surface area (Å²) in [5.74, 6) is 0.836. The summed E-state index contributed by atoms with van der Waals surface area (Å²) in [6.45, 7) is 0.174. The maximum absolute atomic E-state index is 13.2. The van der Waals surface area contributed by atoms with Gasteiger partial charge in [-0.1, -0.05) is 63.6 Å². The van der Waals surface area contributed by atoms with Crippen molar-refractivity contribution in [3.8, 4) is 22.6 Å². The van der Waals surface area contributed by atoms with Gasteiger partial charge in [0.1, 0.15) is 12.1 Å². The lowest BCUT2D eigenvalue weighted by Gasteiger charge is -2.03. The van der Waals surface area contributed by atoms with Gasteiger partial charge in [-0.2, -0.15) is 10.1 Å². The Labute approximate surface area is 196 Å². The molecule has 8 heteroatoms. The average Bonchev–Trinajstić information content (AvgIpc) is 3.49. The second kappa shape index (κ2) is 7.83. The van der Waals surface area contributed by atoms with Crippen molar-refractivity contribution in [2.75, 3.05) is 0 Å². The molecular weight excluding hydrogens is 482 g/mol. The number of hydrogen-bond acceptors (Lipinski definition) is 5. The summed E-state index contributed by atoms with van der Waals surface area (Å²) in [5, 5.41) is 10.9. The van der Waals surface area contributed by atoms with Crippen LogP contribution in [0.4, 0.5) is 0 Å². The van der Waals surface area contributed by atoms with E-state index in [1.54, 1.807) is 21.5 Å². The minimum Gasteiger partial charge on any atom is -0.337 e. The zero-order valence-electron chi connectivity index (χ0n) is 17.2. The van der Waals surface area contributed by atoms with Crippen LogP contribution in [0, 0.1) is 0 Å². The molecule has 0 aliphatic carbocycles. The van der Waals surface area contributed by atoms with Crippen molar-refractivity contribution in [2.45, 2.75) is 6.54 Å². The lowest BCUT2D eigenvalue weighted by atomic mass is 10.0. The number of aromatic nitrogens is 5. The van der Waals surface area contributed by atoms with E-state index >= 15 is 0 Å². The molecule has 3 aromatic heterocycles. The van der Waals surface area contributed by atoms with Gasteiger partial charge in [0.2, 0.25) is 11.7 Å². The van der Waals surface area contributed by atoms with Gasteiger partial charge in [0, 0.05) is 28.0 Å². The van der Waals surface area contributed by atoms with Crippen LogP contribution in [0.15, 0.2) is 99.0 Å². The normalized spacial score (nSPS) is 11.4. The third-order valence-electron chi connectivity index (χ3n) is 5.55. The highest BCUT2D eigenvalue weighted by Gasteiger charge is 2.14. The van der Waals surface area contributed by atoms with E-state index in [-0.39, 0.29) is 12.1 Å². The number of fused-ring (bicyclic) bond motifs is 2. The van der Waals surface area contributed by atoms with Gasteiger partial charge in [0.05, 0.1) is 5.69 Å². The van der Waals surface area contributed by atoms with E-state index in [0.717, 1.165) is 32.1 Å². The highest BCUT2D eigenvalue weighted by Crippen LogP contribution is 2.28.